The second kappa shape index (κ2) is 9.92. The zero-order chi connectivity index (χ0) is 21.6. The first kappa shape index (κ1) is 21.3. The van der Waals surface area contributed by atoms with Gasteiger partial charge in [0.2, 0.25) is 11.8 Å². The van der Waals surface area contributed by atoms with Gasteiger partial charge in [0.1, 0.15) is 30.9 Å². The predicted octanol–water partition coefficient (Wildman–Crippen LogP) is 2.67. The van der Waals surface area contributed by atoms with E-state index < -0.39 is 0 Å². The summed E-state index contributed by atoms with van der Waals surface area (Å²) in [5.41, 5.74) is 1.02. The summed E-state index contributed by atoms with van der Waals surface area (Å²) in [5.74, 6) is 0.362. The average Bonchev–Trinajstić information content (AvgIpc) is 2.80. The van der Waals surface area contributed by atoms with Crippen molar-refractivity contribution in [2.45, 2.75) is 31.4 Å². The van der Waals surface area contributed by atoms with E-state index in [1.54, 1.807) is 12.1 Å². The average molecular weight is 426 g/mol. The Balaban J connectivity index is 1.26. The molecule has 0 radical (unpaired) electrons. The van der Waals surface area contributed by atoms with Crippen molar-refractivity contribution in [3.63, 3.8) is 0 Å². The number of carbonyl (C=O) groups excluding carboxylic acids is 2. The van der Waals surface area contributed by atoms with Gasteiger partial charge < -0.3 is 19.3 Å². The Hall–Kier alpha value is -2.93. The fraction of sp³-hybridized carbons (Fsp3) is 0.417. The molecule has 0 saturated carbocycles. The van der Waals surface area contributed by atoms with Crippen molar-refractivity contribution >= 4 is 11.8 Å². The number of hydrogen-bond acceptors (Lipinski definition) is 4. The molecule has 6 nitrogen and oxygen atoms in total. The Bertz CT molecular complexity index is 882. The van der Waals surface area contributed by atoms with Gasteiger partial charge in [0, 0.05) is 19.1 Å². The van der Waals surface area contributed by atoms with Gasteiger partial charge in [-0.1, -0.05) is 30.3 Å². The summed E-state index contributed by atoms with van der Waals surface area (Å²) in [6, 6.07) is 15.7. The molecule has 2 fully saturated rings. The van der Waals surface area contributed by atoms with Crippen molar-refractivity contribution in [2.75, 3.05) is 32.8 Å². The van der Waals surface area contributed by atoms with Crippen LogP contribution in [0.25, 0.3) is 0 Å². The Labute approximate surface area is 181 Å². The van der Waals surface area contributed by atoms with Crippen molar-refractivity contribution in [3.8, 4) is 5.75 Å². The molecule has 4 rings (SSSR count). The third-order valence-corrected chi connectivity index (χ3v) is 5.87. The monoisotopic (exact) mass is 426 g/mol. The zero-order valence-corrected chi connectivity index (χ0v) is 17.4. The van der Waals surface area contributed by atoms with E-state index in [4.69, 9.17) is 9.47 Å². The summed E-state index contributed by atoms with van der Waals surface area (Å²) >= 11 is 0. The quantitative estimate of drug-likeness (QED) is 0.713. The van der Waals surface area contributed by atoms with Gasteiger partial charge in [-0.15, -0.1) is 0 Å². The van der Waals surface area contributed by atoms with Crippen molar-refractivity contribution in [3.05, 3.63) is 66.0 Å². The molecule has 2 amide bonds. The smallest absolute Gasteiger partial charge is 0.248 e. The Kier molecular flexibility index (Phi) is 6.82. The van der Waals surface area contributed by atoms with Gasteiger partial charge in [0.15, 0.2) is 0 Å². The normalized spacial score (nSPS) is 20.0. The van der Waals surface area contributed by atoms with Gasteiger partial charge in [-0.05, 0) is 42.7 Å². The highest BCUT2D eigenvalue weighted by molar-refractivity contribution is 5.79. The van der Waals surface area contributed by atoms with Crippen molar-refractivity contribution < 1.29 is 23.5 Å². The molecule has 2 aliphatic heterocycles. The Morgan fingerprint density at radius 2 is 1.77 bits per heavy atom. The van der Waals surface area contributed by atoms with E-state index in [0.717, 1.165) is 18.4 Å². The molecule has 0 aliphatic carbocycles. The highest BCUT2D eigenvalue weighted by Crippen LogP contribution is 2.21. The van der Waals surface area contributed by atoms with E-state index >= 15 is 0 Å². The lowest BCUT2D eigenvalue weighted by atomic mass is 10.0. The number of ether oxygens (including phenoxy) is 2. The van der Waals surface area contributed by atoms with Gasteiger partial charge in [-0.2, -0.15) is 0 Å². The number of hydrogen-bond donors (Lipinski definition) is 0. The van der Waals surface area contributed by atoms with Crippen LogP contribution in [0.5, 0.6) is 5.75 Å². The van der Waals surface area contributed by atoms with Crippen molar-refractivity contribution in [2.24, 2.45) is 0 Å². The predicted molar refractivity (Wildman–Crippen MR) is 113 cm³/mol. The van der Waals surface area contributed by atoms with Crippen LogP contribution >= 0.6 is 0 Å². The first-order valence-corrected chi connectivity index (χ1v) is 10.7. The van der Waals surface area contributed by atoms with Crippen LogP contribution < -0.4 is 4.74 Å². The summed E-state index contributed by atoms with van der Waals surface area (Å²) in [6.07, 6.45) is 1.70. The molecule has 0 spiro atoms. The molecule has 2 aliphatic rings. The van der Waals surface area contributed by atoms with Gasteiger partial charge in [-0.3, -0.25) is 9.59 Å². The van der Waals surface area contributed by atoms with Crippen molar-refractivity contribution in [1.29, 1.82) is 0 Å². The second-order valence-electron chi connectivity index (χ2n) is 8.02. The van der Waals surface area contributed by atoms with Crippen LogP contribution in [0.15, 0.2) is 54.6 Å². The minimum absolute atomic E-state index is 0.0212. The van der Waals surface area contributed by atoms with Crippen LogP contribution in [-0.4, -0.2) is 66.6 Å². The van der Waals surface area contributed by atoms with E-state index in [2.05, 4.69) is 0 Å². The molecule has 2 heterocycles. The lowest BCUT2D eigenvalue weighted by Crippen LogP contribution is -2.56. The molecule has 2 aromatic rings. The molecular formula is C24H27FN2O4. The summed E-state index contributed by atoms with van der Waals surface area (Å²) in [6.45, 7) is 2.09. The number of likely N-dealkylation sites (tertiary alicyclic amines) is 1. The number of carbonyl (C=O) groups is 2. The van der Waals surface area contributed by atoms with E-state index in [0.29, 0.717) is 38.4 Å². The number of benzene rings is 2. The van der Waals surface area contributed by atoms with Gasteiger partial charge in [0.05, 0.1) is 13.0 Å². The summed E-state index contributed by atoms with van der Waals surface area (Å²) in [7, 11) is 0. The highest BCUT2D eigenvalue weighted by atomic mass is 19.1. The molecule has 1 atom stereocenters. The minimum Gasteiger partial charge on any atom is -0.491 e. The Morgan fingerprint density at radius 3 is 2.48 bits per heavy atom. The van der Waals surface area contributed by atoms with Gasteiger partial charge in [-0.25, -0.2) is 4.39 Å². The number of amides is 2. The topological polar surface area (TPSA) is 59.1 Å². The van der Waals surface area contributed by atoms with Crippen LogP contribution in [-0.2, 0) is 20.7 Å². The fourth-order valence-corrected chi connectivity index (χ4v) is 4.13. The van der Waals surface area contributed by atoms with Crippen LogP contribution in [0.1, 0.15) is 18.4 Å². The SMILES string of the molecule is O=C(Cc1ccccc1)N1CCC(N2CC(COc3ccc(F)cc3)OCC2=O)CC1. The summed E-state index contributed by atoms with van der Waals surface area (Å²) in [4.78, 5) is 28.8. The Morgan fingerprint density at radius 1 is 1.06 bits per heavy atom. The lowest BCUT2D eigenvalue weighted by Gasteiger charge is -2.42. The highest BCUT2D eigenvalue weighted by Gasteiger charge is 2.34. The standard InChI is InChI=1S/C24H27FN2O4/c25-19-6-8-21(9-7-19)30-16-22-15-27(24(29)17-31-22)20-10-12-26(13-11-20)23(28)14-18-4-2-1-3-5-18/h1-9,20,22H,10-17H2. The van der Waals surface area contributed by atoms with E-state index in [-0.39, 0.29) is 36.4 Å². The van der Waals surface area contributed by atoms with E-state index in [1.807, 2.05) is 40.1 Å². The summed E-state index contributed by atoms with van der Waals surface area (Å²) < 4.78 is 24.3. The van der Waals surface area contributed by atoms with Crippen LogP contribution in [0.2, 0.25) is 0 Å². The maximum atomic E-state index is 13.0. The number of morpholine rings is 1. The molecule has 164 valence electrons. The molecule has 0 bridgehead atoms. The first-order chi connectivity index (χ1) is 15.1. The molecule has 2 aromatic carbocycles. The van der Waals surface area contributed by atoms with Gasteiger partial charge >= 0.3 is 0 Å². The maximum Gasteiger partial charge on any atom is 0.248 e. The second-order valence-corrected chi connectivity index (χ2v) is 8.02. The zero-order valence-electron chi connectivity index (χ0n) is 17.4. The fourth-order valence-electron chi connectivity index (χ4n) is 4.13. The molecule has 7 heteroatoms. The van der Waals surface area contributed by atoms with E-state index in [1.165, 1.54) is 12.1 Å². The molecule has 0 N–H and O–H groups in total. The molecule has 2 saturated heterocycles. The van der Waals surface area contributed by atoms with E-state index in [9.17, 15) is 14.0 Å². The number of rotatable bonds is 6. The molecule has 1 unspecified atom stereocenters. The minimum atomic E-state index is -0.313. The molecule has 0 aromatic heterocycles. The third kappa shape index (κ3) is 5.61. The summed E-state index contributed by atoms with van der Waals surface area (Å²) in [5, 5.41) is 0. The molecular weight excluding hydrogens is 399 g/mol. The largest absolute Gasteiger partial charge is 0.491 e. The molecule has 31 heavy (non-hydrogen) atoms. The van der Waals surface area contributed by atoms with Crippen LogP contribution in [0, 0.1) is 5.82 Å². The first-order valence-electron chi connectivity index (χ1n) is 10.7. The number of piperidine rings is 1. The van der Waals surface area contributed by atoms with Crippen LogP contribution in [0.3, 0.4) is 0 Å². The maximum absolute atomic E-state index is 13.0. The number of nitrogens with zero attached hydrogens (tertiary/aromatic N) is 2. The van der Waals surface area contributed by atoms with Crippen molar-refractivity contribution in [1.82, 2.24) is 9.80 Å². The van der Waals surface area contributed by atoms with Crippen LogP contribution in [0.4, 0.5) is 4.39 Å². The number of halogens is 1. The third-order valence-electron chi connectivity index (χ3n) is 5.87. The van der Waals surface area contributed by atoms with Gasteiger partial charge in [0.25, 0.3) is 0 Å². The lowest BCUT2D eigenvalue weighted by molar-refractivity contribution is -0.155.